The van der Waals surface area contributed by atoms with E-state index in [0.717, 1.165) is 0 Å². The van der Waals surface area contributed by atoms with E-state index in [1.165, 1.54) is 101 Å². The summed E-state index contributed by atoms with van der Waals surface area (Å²) in [7, 11) is 3.88. The molecular weight excluding hydrogens is 1280 g/mol. The first-order valence-electron chi connectivity index (χ1n) is 30.6. The van der Waals surface area contributed by atoms with Crippen LogP contribution in [0.25, 0.3) is 0 Å². The number of rotatable bonds is 40. The maximum absolute atomic E-state index is 14.4. The van der Waals surface area contributed by atoms with Crippen molar-refractivity contribution in [2.75, 3.05) is 81.9 Å². The Morgan fingerprint density at radius 3 is 1.02 bits per heavy atom. The van der Waals surface area contributed by atoms with E-state index < -0.39 is 71.4 Å². The fraction of sp³-hybridized carbons (Fsp3) is 0.377. The van der Waals surface area contributed by atoms with Gasteiger partial charge in [-0.25, -0.2) is 0 Å². The van der Waals surface area contributed by atoms with Crippen LogP contribution >= 0.6 is 0 Å². The molecule has 9 amide bonds. The number of hydrogen-bond donors (Lipinski definition) is 24. The molecule has 4 atom stereocenters. The largest absolute Gasteiger partial charge is 0.496 e. The molecule has 0 bridgehead atoms. The summed E-state index contributed by atoms with van der Waals surface area (Å²) in [5, 5.41) is 71.9. The van der Waals surface area contributed by atoms with Gasteiger partial charge in [-0.15, -0.1) is 0 Å². The predicted octanol–water partition coefficient (Wildman–Crippen LogP) is -1.23. The van der Waals surface area contributed by atoms with Crippen molar-refractivity contribution in [3.8, 4) is 23.0 Å². The third-order valence-corrected chi connectivity index (χ3v) is 14.1. The molecule has 530 valence electrons. The van der Waals surface area contributed by atoms with Crippen LogP contribution in [-0.4, -0.2) is 168 Å². The number of carbonyl (C=O) groups is 9. The van der Waals surface area contributed by atoms with Gasteiger partial charge in [0.25, 0.3) is 23.6 Å². The summed E-state index contributed by atoms with van der Waals surface area (Å²) in [6.45, 7) is 2.37. The van der Waals surface area contributed by atoms with Crippen LogP contribution in [0, 0.1) is 27.0 Å². The van der Waals surface area contributed by atoms with Crippen LogP contribution in [0.1, 0.15) is 106 Å². The molecule has 37 heteroatoms. The summed E-state index contributed by atoms with van der Waals surface area (Å²) in [5.74, 6) is -8.02. The molecule has 30 N–H and O–H groups in total. The lowest BCUT2D eigenvalue weighted by Gasteiger charge is -2.22. The Labute approximate surface area is 564 Å². The van der Waals surface area contributed by atoms with Gasteiger partial charge in [0, 0.05) is 55.3 Å². The number of hydrogen-bond acceptors (Lipinski definition) is 18. The lowest BCUT2D eigenvalue weighted by Crippen LogP contribution is -2.45. The Morgan fingerprint density at radius 1 is 0.388 bits per heavy atom. The van der Waals surface area contributed by atoms with Crippen molar-refractivity contribution in [2.24, 2.45) is 34.4 Å². The number of primary amides is 1. The molecule has 4 aromatic carbocycles. The van der Waals surface area contributed by atoms with Gasteiger partial charge in [-0.05, 0) is 131 Å². The van der Waals surface area contributed by atoms with Crippen LogP contribution in [0.3, 0.4) is 0 Å². The quantitative estimate of drug-likeness (QED) is 0.0141. The standard InChI is InChI=1S/C61H88N24O13/c1-32(78-48(86)13-5-6-22-73-57(63)64)50(88)79-34-14-18-44(95-2)38(29-34)51(89)84-42(11-8-24-75-59(67)68)55(93)81-36-16-20-46(97-4)40(31-36)53(91)85-43(12-9-25-76-60(69)70)56(94)82-35-15-19-45(96-3)39(30-35)52(90)83-41(10-7-23-74-58(65)66)54(92)80-33-17-21-47(37(28-33)49(62)87)98-27-26-77-61(71)72/h14-21,28-32,41-43H,5-13,22-27H2,1-4H3,(H2,62,87)(H,78,86)(H,79,88)(H,80,92)(H,81,93)(H,82,94)(H,83,90)(H,84,89)(H,85,91)(H4,63,64,73)(H4,65,66,74)(H4,67,68,75)(H4,69,70,76)(H4,71,72,77)/t32-,41-,42-,43-/m1/s1. The molecule has 0 aliphatic carbocycles. The van der Waals surface area contributed by atoms with E-state index in [-0.39, 0.29) is 181 Å². The van der Waals surface area contributed by atoms with Crippen LogP contribution in [0.4, 0.5) is 22.7 Å². The summed E-state index contributed by atoms with van der Waals surface area (Å²) < 4.78 is 22.1. The second kappa shape index (κ2) is 40.0. The molecule has 37 nitrogen and oxygen atoms in total. The van der Waals surface area contributed by atoms with Crippen molar-refractivity contribution < 1.29 is 62.1 Å². The second-order valence-corrected chi connectivity index (χ2v) is 21.6. The summed E-state index contributed by atoms with van der Waals surface area (Å²) in [4.78, 5) is 124. The van der Waals surface area contributed by atoms with Gasteiger partial charge in [0.1, 0.15) is 53.8 Å². The molecule has 0 fully saturated rings. The van der Waals surface area contributed by atoms with Gasteiger partial charge in [-0.2, -0.15) is 0 Å². The van der Waals surface area contributed by atoms with Crippen molar-refractivity contribution in [3.63, 3.8) is 0 Å². The highest BCUT2D eigenvalue weighted by atomic mass is 16.5. The Hall–Kier alpha value is -12.3. The smallest absolute Gasteiger partial charge is 0.255 e. The zero-order valence-corrected chi connectivity index (χ0v) is 54.6. The molecule has 0 aliphatic rings. The van der Waals surface area contributed by atoms with Gasteiger partial charge < -0.3 is 122 Å². The summed E-state index contributed by atoms with van der Waals surface area (Å²) >= 11 is 0. The van der Waals surface area contributed by atoms with Crippen molar-refractivity contribution in [1.82, 2.24) is 47.9 Å². The van der Waals surface area contributed by atoms with Gasteiger partial charge in [0.15, 0.2) is 29.8 Å². The lowest BCUT2D eigenvalue weighted by molar-refractivity contribution is -0.126. The third kappa shape index (κ3) is 26.9. The highest BCUT2D eigenvalue weighted by molar-refractivity contribution is 6.08. The van der Waals surface area contributed by atoms with Crippen LogP contribution in [0.5, 0.6) is 23.0 Å². The SMILES string of the molecule is COc1ccc(NC(=O)[C@@H](C)NC(=O)CCCCNC(=N)N)cc1C(=O)N[C@H](CCCNC(=N)N)C(=O)Nc1ccc(OC)c(C(=O)N[C@H](CCCNC(=N)N)C(=O)Nc2ccc(OC)c(C(=O)N[C@H](CCCNC(=N)N)C(=O)Nc3ccc(OCCNC(=N)N)c(C(N)=O)c3)c2)c1. The maximum atomic E-state index is 14.4. The molecule has 0 spiro atoms. The third-order valence-electron chi connectivity index (χ3n) is 14.1. The van der Waals surface area contributed by atoms with Gasteiger partial charge in [-0.3, -0.25) is 70.2 Å². The Balaban J connectivity index is 1.58. The minimum atomic E-state index is -1.35. The molecule has 0 saturated heterocycles. The second-order valence-electron chi connectivity index (χ2n) is 21.6. The number of methoxy groups -OCH3 is 3. The number of nitrogens with one attached hydrogen (secondary N) is 18. The summed E-state index contributed by atoms with van der Waals surface area (Å²) in [6.07, 6.45) is 1.59. The number of carbonyl (C=O) groups excluding carboxylic acids is 9. The molecule has 0 heterocycles. The number of benzene rings is 4. The predicted molar refractivity (Wildman–Crippen MR) is 366 cm³/mol. The highest BCUT2D eigenvalue weighted by Gasteiger charge is 2.29. The zero-order valence-electron chi connectivity index (χ0n) is 54.6. The number of nitrogens with two attached hydrogens (primary N) is 6. The van der Waals surface area contributed by atoms with E-state index in [9.17, 15) is 43.2 Å². The van der Waals surface area contributed by atoms with E-state index in [1.54, 1.807) is 0 Å². The van der Waals surface area contributed by atoms with Crippen LogP contribution in [-0.2, 0) is 24.0 Å². The molecule has 0 aliphatic heterocycles. The molecule has 0 unspecified atom stereocenters. The van der Waals surface area contributed by atoms with Gasteiger partial charge >= 0.3 is 0 Å². The van der Waals surface area contributed by atoms with E-state index in [4.69, 9.17) is 80.4 Å². The molecule has 0 aromatic heterocycles. The number of amides is 9. The van der Waals surface area contributed by atoms with Crippen molar-refractivity contribution in [2.45, 2.75) is 88.9 Å². The van der Waals surface area contributed by atoms with E-state index in [2.05, 4.69) is 69.1 Å². The molecule has 4 aromatic rings. The number of guanidine groups is 5. The average molecular weight is 1370 g/mol. The van der Waals surface area contributed by atoms with Gasteiger partial charge in [-0.1, -0.05) is 0 Å². The van der Waals surface area contributed by atoms with Gasteiger partial charge in [0.2, 0.25) is 29.5 Å². The van der Waals surface area contributed by atoms with Crippen molar-refractivity contribution >= 4 is 106 Å². The van der Waals surface area contributed by atoms with Crippen molar-refractivity contribution in [3.05, 3.63) is 95.1 Å². The lowest BCUT2D eigenvalue weighted by atomic mass is 10.1. The zero-order chi connectivity index (χ0) is 72.4. The van der Waals surface area contributed by atoms with E-state index >= 15 is 0 Å². The number of anilines is 4. The topological polar surface area (TPSA) is 622 Å². The first-order valence-corrected chi connectivity index (χ1v) is 30.6. The number of ether oxygens (including phenoxy) is 4. The van der Waals surface area contributed by atoms with E-state index in [1.807, 2.05) is 0 Å². The van der Waals surface area contributed by atoms with E-state index in [0.29, 0.717) is 19.4 Å². The van der Waals surface area contributed by atoms with Crippen molar-refractivity contribution in [1.29, 1.82) is 27.0 Å². The normalized spacial score (nSPS) is 11.7. The monoisotopic (exact) mass is 1360 g/mol. The van der Waals surface area contributed by atoms with Gasteiger partial charge in [0.05, 0.1) is 50.1 Å². The first kappa shape index (κ1) is 78.1. The minimum absolute atomic E-state index is 0.00234. The fourth-order valence-electron chi connectivity index (χ4n) is 9.22. The first-order chi connectivity index (χ1) is 46.6. The Morgan fingerprint density at radius 2 is 0.694 bits per heavy atom. The molecule has 98 heavy (non-hydrogen) atoms. The number of unbranched alkanes of at least 4 members (excludes halogenated alkanes) is 1. The average Bonchev–Trinajstić information content (AvgIpc) is 0.845. The molecule has 4 rings (SSSR count). The summed E-state index contributed by atoms with van der Waals surface area (Å²) in [6, 6.07) is 11.5. The Bertz CT molecular complexity index is 3550. The molecule has 0 radical (unpaired) electrons. The van der Waals surface area contributed by atoms with Crippen LogP contribution in [0.15, 0.2) is 72.8 Å². The van der Waals surface area contributed by atoms with Crippen LogP contribution < -0.4 is 122 Å². The summed E-state index contributed by atoms with van der Waals surface area (Å²) in [5.41, 5.74) is 32.5. The molecule has 0 saturated carbocycles. The Kier molecular flexibility index (Phi) is 31.9. The maximum Gasteiger partial charge on any atom is 0.255 e. The van der Waals surface area contributed by atoms with Crippen LogP contribution in [0.2, 0.25) is 0 Å². The molecular formula is C61H88N24O13. The minimum Gasteiger partial charge on any atom is -0.496 e. The fourth-order valence-corrected chi connectivity index (χ4v) is 9.22. The highest BCUT2D eigenvalue weighted by Crippen LogP contribution is 2.28.